The minimum atomic E-state index is -0.800. The standard InChI is InChI=1S/C13H15F2N3/c1-8-7-18(9(2)6-17-8)10-3-12(14)11(5-16)13(15)4-10/h3-4,8-9,17H,6-7H2,1-2H3/t8-,9+/m1/s1. The van der Waals surface area contributed by atoms with Crippen molar-refractivity contribution in [2.75, 3.05) is 18.0 Å². The van der Waals surface area contributed by atoms with Gasteiger partial charge < -0.3 is 10.2 Å². The fraction of sp³-hybridized carbons (Fsp3) is 0.462. The predicted molar refractivity (Wildman–Crippen MR) is 65.3 cm³/mol. The molecule has 3 nitrogen and oxygen atoms in total. The molecular formula is C13H15F2N3. The Morgan fingerprint density at radius 1 is 1.33 bits per heavy atom. The second-order valence-electron chi connectivity index (χ2n) is 4.71. The molecule has 2 atom stereocenters. The molecule has 1 aromatic rings. The Kier molecular flexibility index (Phi) is 3.48. The first-order chi connectivity index (χ1) is 8.52. The molecule has 1 aliphatic rings. The van der Waals surface area contributed by atoms with Gasteiger partial charge in [0.25, 0.3) is 0 Å². The van der Waals surface area contributed by atoms with Crippen molar-refractivity contribution in [3.8, 4) is 6.07 Å². The van der Waals surface area contributed by atoms with E-state index in [2.05, 4.69) is 5.32 Å². The molecule has 0 amide bonds. The van der Waals surface area contributed by atoms with Crippen LogP contribution in [0.5, 0.6) is 0 Å². The van der Waals surface area contributed by atoms with Gasteiger partial charge in [-0.1, -0.05) is 0 Å². The summed E-state index contributed by atoms with van der Waals surface area (Å²) in [5, 5.41) is 11.9. The minimum Gasteiger partial charge on any atom is -0.366 e. The van der Waals surface area contributed by atoms with Crippen molar-refractivity contribution in [3.05, 3.63) is 29.3 Å². The SMILES string of the molecule is C[C@@H]1CN(c2cc(F)c(C#N)c(F)c2)[C@@H](C)CN1. The lowest BCUT2D eigenvalue weighted by Gasteiger charge is -2.39. The molecular weight excluding hydrogens is 236 g/mol. The van der Waals surface area contributed by atoms with Crippen LogP contribution >= 0.6 is 0 Å². The van der Waals surface area contributed by atoms with E-state index in [1.54, 1.807) is 0 Å². The van der Waals surface area contributed by atoms with Gasteiger partial charge in [0.2, 0.25) is 0 Å². The minimum absolute atomic E-state index is 0.160. The number of nitriles is 1. The van der Waals surface area contributed by atoms with E-state index in [0.29, 0.717) is 12.2 Å². The van der Waals surface area contributed by atoms with Gasteiger partial charge in [0.1, 0.15) is 23.3 Å². The molecule has 0 aliphatic carbocycles. The number of halogens is 2. The largest absolute Gasteiger partial charge is 0.366 e. The van der Waals surface area contributed by atoms with Gasteiger partial charge in [-0.2, -0.15) is 5.26 Å². The number of piperazine rings is 1. The van der Waals surface area contributed by atoms with Gasteiger partial charge in [0.15, 0.2) is 0 Å². The second-order valence-corrected chi connectivity index (χ2v) is 4.71. The highest BCUT2D eigenvalue weighted by Gasteiger charge is 2.24. The molecule has 2 rings (SSSR count). The molecule has 0 spiro atoms. The summed E-state index contributed by atoms with van der Waals surface area (Å²) in [4.78, 5) is 1.95. The molecule has 0 bridgehead atoms. The zero-order valence-electron chi connectivity index (χ0n) is 10.4. The van der Waals surface area contributed by atoms with Crippen molar-refractivity contribution >= 4 is 5.69 Å². The fourth-order valence-electron chi connectivity index (χ4n) is 2.21. The lowest BCUT2D eigenvalue weighted by Crippen LogP contribution is -2.54. The smallest absolute Gasteiger partial charge is 0.146 e. The van der Waals surface area contributed by atoms with Gasteiger partial charge in [-0.15, -0.1) is 0 Å². The third-order valence-electron chi connectivity index (χ3n) is 3.23. The highest BCUT2D eigenvalue weighted by atomic mass is 19.1. The van der Waals surface area contributed by atoms with Crippen LogP contribution in [0.4, 0.5) is 14.5 Å². The Morgan fingerprint density at radius 3 is 2.50 bits per heavy atom. The molecule has 96 valence electrons. The number of rotatable bonds is 1. The van der Waals surface area contributed by atoms with Crippen LogP contribution in [0.15, 0.2) is 12.1 Å². The molecule has 1 aliphatic heterocycles. The molecule has 0 aromatic heterocycles. The Hall–Kier alpha value is -1.67. The molecule has 18 heavy (non-hydrogen) atoms. The summed E-state index contributed by atoms with van der Waals surface area (Å²) >= 11 is 0. The van der Waals surface area contributed by atoms with E-state index in [4.69, 9.17) is 5.26 Å². The second kappa shape index (κ2) is 4.91. The van der Waals surface area contributed by atoms with Gasteiger partial charge in [0, 0.05) is 30.9 Å². The summed E-state index contributed by atoms with van der Waals surface area (Å²) in [5.41, 5.74) is -0.0283. The number of benzene rings is 1. The molecule has 1 N–H and O–H groups in total. The summed E-state index contributed by atoms with van der Waals surface area (Å²) in [6, 6.07) is 4.42. The third kappa shape index (κ3) is 2.29. The van der Waals surface area contributed by atoms with Gasteiger partial charge in [-0.25, -0.2) is 8.78 Å². The summed E-state index contributed by atoms with van der Waals surface area (Å²) < 4.78 is 27.2. The first kappa shape index (κ1) is 12.8. The van der Waals surface area contributed by atoms with E-state index >= 15 is 0 Å². The van der Waals surface area contributed by atoms with Gasteiger partial charge in [0.05, 0.1) is 0 Å². The molecule has 5 heteroatoms. The average Bonchev–Trinajstić information content (AvgIpc) is 2.32. The van der Waals surface area contributed by atoms with Gasteiger partial charge >= 0.3 is 0 Å². The van der Waals surface area contributed by atoms with E-state index in [-0.39, 0.29) is 12.1 Å². The van der Waals surface area contributed by atoms with Crippen LogP contribution in [0.25, 0.3) is 0 Å². The number of anilines is 1. The number of nitrogens with one attached hydrogen (secondary N) is 1. The summed E-state index contributed by atoms with van der Waals surface area (Å²) in [6.45, 7) is 5.47. The maximum Gasteiger partial charge on any atom is 0.146 e. The molecule has 1 heterocycles. The van der Waals surface area contributed by atoms with Crippen LogP contribution < -0.4 is 10.2 Å². The zero-order valence-corrected chi connectivity index (χ0v) is 10.4. The van der Waals surface area contributed by atoms with Gasteiger partial charge in [-0.3, -0.25) is 0 Å². The van der Waals surface area contributed by atoms with Crippen molar-refractivity contribution in [3.63, 3.8) is 0 Å². The van der Waals surface area contributed by atoms with Crippen LogP contribution in [-0.2, 0) is 0 Å². The number of nitrogens with zero attached hydrogens (tertiary/aromatic N) is 2. The predicted octanol–water partition coefficient (Wildman–Crippen LogP) is 2.02. The summed E-state index contributed by atoms with van der Waals surface area (Å²) in [7, 11) is 0. The quantitative estimate of drug-likeness (QED) is 0.830. The van der Waals surface area contributed by atoms with Crippen molar-refractivity contribution in [2.24, 2.45) is 0 Å². The van der Waals surface area contributed by atoms with Crippen LogP contribution in [0.2, 0.25) is 0 Å². The Labute approximate surface area is 105 Å². The summed E-state index contributed by atoms with van der Waals surface area (Å²) in [5.74, 6) is -1.60. The fourth-order valence-corrected chi connectivity index (χ4v) is 2.21. The van der Waals surface area contributed by atoms with Crippen LogP contribution in [0.3, 0.4) is 0 Å². The first-order valence-corrected chi connectivity index (χ1v) is 5.92. The van der Waals surface area contributed by atoms with Crippen molar-refractivity contribution in [1.29, 1.82) is 5.26 Å². The van der Waals surface area contributed by atoms with Crippen LogP contribution in [-0.4, -0.2) is 25.2 Å². The van der Waals surface area contributed by atoms with Crippen molar-refractivity contribution in [1.82, 2.24) is 5.32 Å². The zero-order chi connectivity index (χ0) is 13.3. The highest BCUT2D eigenvalue weighted by molar-refractivity contribution is 5.52. The van der Waals surface area contributed by atoms with E-state index in [1.807, 2.05) is 18.7 Å². The maximum absolute atomic E-state index is 13.6. The maximum atomic E-state index is 13.6. The van der Waals surface area contributed by atoms with Crippen LogP contribution in [0.1, 0.15) is 19.4 Å². The van der Waals surface area contributed by atoms with Crippen molar-refractivity contribution in [2.45, 2.75) is 25.9 Å². The summed E-state index contributed by atoms with van der Waals surface area (Å²) in [6.07, 6.45) is 0. The number of hydrogen-bond acceptors (Lipinski definition) is 3. The topological polar surface area (TPSA) is 39.1 Å². The molecule has 1 fully saturated rings. The lowest BCUT2D eigenvalue weighted by atomic mass is 10.1. The van der Waals surface area contributed by atoms with E-state index in [1.165, 1.54) is 18.2 Å². The molecule has 0 saturated carbocycles. The van der Waals surface area contributed by atoms with Gasteiger partial charge in [-0.05, 0) is 26.0 Å². The molecule has 0 radical (unpaired) electrons. The average molecular weight is 251 g/mol. The lowest BCUT2D eigenvalue weighted by molar-refractivity contribution is 0.424. The molecule has 1 aromatic carbocycles. The first-order valence-electron chi connectivity index (χ1n) is 5.92. The molecule has 1 saturated heterocycles. The monoisotopic (exact) mass is 251 g/mol. The van der Waals surface area contributed by atoms with E-state index in [9.17, 15) is 8.78 Å². The van der Waals surface area contributed by atoms with E-state index in [0.717, 1.165) is 6.54 Å². The van der Waals surface area contributed by atoms with Crippen LogP contribution in [0, 0.1) is 23.0 Å². The highest BCUT2D eigenvalue weighted by Crippen LogP contribution is 2.24. The Bertz CT molecular complexity index is 472. The third-order valence-corrected chi connectivity index (χ3v) is 3.23. The van der Waals surface area contributed by atoms with Crippen molar-refractivity contribution < 1.29 is 8.78 Å². The Morgan fingerprint density at radius 2 is 1.94 bits per heavy atom. The normalized spacial score (nSPS) is 23.8. The Balaban J connectivity index is 2.36. The van der Waals surface area contributed by atoms with E-state index < -0.39 is 17.2 Å². The molecule has 0 unspecified atom stereocenters. The number of hydrogen-bond donors (Lipinski definition) is 1.